The van der Waals surface area contributed by atoms with Gasteiger partial charge in [-0.1, -0.05) is 33.6 Å². The van der Waals surface area contributed by atoms with Crippen LogP contribution in [0.1, 0.15) is 37.9 Å². The molecule has 0 saturated heterocycles. The molecule has 160 valence electrons. The number of amides is 2. The van der Waals surface area contributed by atoms with Crippen LogP contribution in [-0.2, 0) is 7.05 Å². The minimum atomic E-state index is -0.698. The summed E-state index contributed by atoms with van der Waals surface area (Å²) in [4.78, 5) is 26.0. The van der Waals surface area contributed by atoms with Gasteiger partial charge in [0, 0.05) is 61.6 Å². The van der Waals surface area contributed by atoms with E-state index in [-0.39, 0.29) is 11.8 Å². The van der Waals surface area contributed by atoms with Crippen LogP contribution >= 0.6 is 27.5 Å². The fraction of sp³-hybridized carbons (Fsp3) is 0.0833. The van der Waals surface area contributed by atoms with Crippen LogP contribution < -0.4 is 10.6 Å². The molecule has 5 rings (SSSR count). The fourth-order valence-corrected chi connectivity index (χ4v) is 4.84. The highest BCUT2D eigenvalue weighted by Crippen LogP contribution is 2.41. The van der Waals surface area contributed by atoms with E-state index < -0.39 is 11.9 Å². The summed E-state index contributed by atoms with van der Waals surface area (Å²) in [5.41, 5.74) is 3.22. The Hall–Kier alpha value is -3.16. The molecule has 2 N–H and O–H groups in total. The Morgan fingerprint density at radius 1 is 1.19 bits per heavy atom. The van der Waals surface area contributed by atoms with E-state index >= 15 is 0 Å². The zero-order chi connectivity index (χ0) is 22.6. The molecule has 0 spiro atoms. The van der Waals surface area contributed by atoms with Crippen molar-refractivity contribution in [2.75, 3.05) is 5.32 Å². The molecule has 4 aromatic rings. The van der Waals surface area contributed by atoms with E-state index in [1.165, 1.54) is 18.2 Å². The van der Waals surface area contributed by atoms with Crippen LogP contribution in [0.25, 0.3) is 10.9 Å². The number of aromatic nitrogens is 1. The Morgan fingerprint density at radius 2 is 2.00 bits per heavy atom. The number of hydrogen-bond donors (Lipinski definition) is 2. The molecule has 2 heterocycles. The molecule has 8 heteroatoms. The second-order valence-corrected chi connectivity index (χ2v) is 8.93. The highest BCUT2D eigenvalue weighted by Gasteiger charge is 2.34. The lowest BCUT2D eigenvalue weighted by Crippen LogP contribution is -2.21. The third-order valence-electron chi connectivity index (χ3n) is 5.64. The smallest absolute Gasteiger partial charge is 0.256 e. The van der Waals surface area contributed by atoms with E-state index in [0.29, 0.717) is 37.4 Å². The Kier molecular flexibility index (Phi) is 5.03. The predicted molar refractivity (Wildman–Crippen MR) is 126 cm³/mol. The first-order valence-electron chi connectivity index (χ1n) is 9.78. The highest BCUT2D eigenvalue weighted by molar-refractivity contribution is 9.10. The minimum Gasteiger partial charge on any atom is -0.351 e. The van der Waals surface area contributed by atoms with Crippen molar-refractivity contribution in [3.63, 3.8) is 0 Å². The maximum atomic E-state index is 14.0. The summed E-state index contributed by atoms with van der Waals surface area (Å²) in [6.07, 6.45) is 1.89. The number of benzene rings is 3. The molecule has 0 aliphatic carbocycles. The Bertz CT molecular complexity index is 1430. The second kappa shape index (κ2) is 7.76. The van der Waals surface area contributed by atoms with Crippen molar-refractivity contribution in [1.29, 1.82) is 0 Å². The summed E-state index contributed by atoms with van der Waals surface area (Å²) in [6.45, 7) is 0. The van der Waals surface area contributed by atoms with Gasteiger partial charge >= 0.3 is 0 Å². The van der Waals surface area contributed by atoms with Gasteiger partial charge in [-0.3, -0.25) is 9.59 Å². The van der Waals surface area contributed by atoms with Crippen molar-refractivity contribution >= 4 is 55.9 Å². The first kappa shape index (κ1) is 20.7. The molecular weight excluding hydrogens is 497 g/mol. The lowest BCUT2D eigenvalue weighted by molar-refractivity contribution is 0.0959. The van der Waals surface area contributed by atoms with Crippen LogP contribution in [0.4, 0.5) is 10.1 Å². The van der Waals surface area contributed by atoms with Gasteiger partial charge in [0.2, 0.25) is 0 Å². The van der Waals surface area contributed by atoms with Crippen LogP contribution in [0.15, 0.2) is 65.3 Å². The lowest BCUT2D eigenvalue weighted by Gasteiger charge is -2.18. The summed E-state index contributed by atoms with van der Waals surface area (Å²) in [7, 11) is 1.91. The average molecular weight is 513 g/mol. The molecular formula is C24H16BrClFN3O2. The summed E-state index contributed by atoms with van der Waals surface area (Å²) < 4.78 is 16.5. The van der Waals surface area contributed by atoms with E-state index in [1.807, 2.05) is 36.0 Å². The maximum Gasteiger partial charge on any atom is 0.256 e. The van der Waals surface area contributed by atoms with Gasteiger partial charge in [0.25, 0.3) is 11.8 Å². The van der Waals surface area contributed by atoms with Crippen LogP contribution in [0.5, 0.6) is 0 Å². The molecule has 2 amide bonds. The standard InChI is InChI=1S/C24H16BrClFN3O2/c1-30-8-7-14-15(3-2-4-20(14)30)23(31)28-19-10-12(25)9-17-21(19)22(29-24(17)32)16-11-13(27)5-6-18(16)26/h2-11,22H,1H3,(H,28,31)(H,29,32). The third-order valence-corrected chi connectivity index (χ3v) is 6.45. The third kappa shape index (κ3) is 3.38. The average Bonchev–Trinajstić information content (AvgIpc) is 3.30. The lowest BCUT2D eigenvalue weighted by atomic mass is 9.96. The zero-order valence-electron chi connectivity index (χ0n) is 16.7. The topological polar surface area (TPSA) is 63.1 Å². The van der Waals surface area contributed by atoms with Crippen molar-refractivity contribution in [2.45, 2.75) is 6.04 Å². The molecule has 1 unspecified atom stereocenters. The molecule has 0 bridgehead atoms. The number of carbonyl (C=O) groups is 2. The molecule has 5 nitrogen and oxygen atoms in total. The fourth-order valence-electron chi connectivity index (χ4n) is 4.16. The SMILES string of the molecule is Cn1ccc2c(C(=O)Nc3cc(Br)cc4c3C(c3cc(F)ccc3Cl)NC4=O)cccc21. The van der Waals surface area contributed by atoms with Gasteiger partial charge in [-0.05, 0) is 48.5 Å². The van der Waals surface area contributed by atoms with Gasteiger partial charge in [-0.2, -0.15) is 0 Å². The van der Waals surface area contributed by atoms with Gasteiger partial charge in [0.15, 0.2) is 0 Å². The molecule has 0 fully saturated rings. The number of rotatable bonds is 3. The number of halogens is 3. The Morgan fingerprint density at radius 3 is 2.81 bits per heavy atom. The summed E-state index contributed by atoms with van der Waals surface area (Å²) in [5, 5.41) is 6.94. The molecule has 1 aliphatic rings. The van der Waals surface area contributed by atoms with Crippen LogP contribution in [-0.4, -0.2) is 16.4 Å². The van der Waals surface area contributed by atoms with Crippen molar-refractivity contribution < 1.29 is 14.0 Å². The number of fused-ring (bicyclic) bond motifs is 2. The molecule has 1 aliphatic heterocycles. The van der Waals surface area contributed by atoms with E-state index in [2.05, 4.69) is 26.6 Å². The van der Waals surface area contributed by atoms with Crippen molar-refractivity contribution in [1.82, 2.24) is 9.88 Å². The zero-order valence-corrected chi connectivity index (χ0v) is 19.1. The van der Waals surface area contributed by atoms with Gasteiger partial charge in [0.05, 0.1) is 6.04 Å². The van der Waals surface area contributed by atoms with E-state index in [0.717, 1.165) is 10.9 Å². The number of aryl methyl sites for hydroxylation is 1. The number of nitrogens with one attached hydrogen (secondary N) is 2. The normalized spacial score (nSPS) is 15.0. The molecule has 1 aromatic heterocycles. The molecule has 1 atom stereocenters. The van der Waals surface area contributed by atoms with Gasteiger partial charge < -0.3 is 15.2 Å². The van der Waals surface area contributed by atoms with Crippen molar-refractivity contribution in [3.8, 4) is 0 Å². The Labute approximate surface area is 196 Å². The summed E-state index contributed by atoms with van der Waals surface area (Å²) in [5.74, 6) is -1.11. The Balaban J connectivity index is 1.61. The number of anilines is 1. The maximum absolute atomic E-state index is 14.0. The van der Waals surface area contributed by atoms with Gasteiger partial charge in [-0.25, -0.2) is 4.39 Å². The molecule has 3 aromatic carbocycles. The highest BCUT2D eigenvalue weighted by atomic mass is 79.9. The molecule has 0 radical (unpaired) electrons. The largest absolute Gasteiger partial charge is 0.351 e. The van der Waals surface area contributed by atoms with E-state index in [9.17, 15) is 14.0 Å². The van der Waals surface area contributed by atoms with Gasteiger partial charge in [-0.15, -0.1) is 0 Å². The van der Waals surface area contributed by atoms with Crippen molar-refractivity contribution in [2.24, 2.45) is 7.05 Å². The first-order valence-corrected chi connectivity index (χ1v) is 10.9. The monoisotopic (exact) mass is 511 g/mol. The first-order chi connectivity index (χ1) is 15.3. The summed E-state index contributed by atoms with van der Waals surface area (Å²) >= 11 is 9.74. The minimum absolute atomic E-state index is 0.314. The number of carbonyl (C=O) groups excluding carboxylic acids is 2. The van der Waals surface area contributed by atoms with E-state index in [4.69, 9.17) is 11.6 Å². The predicted octanol–water partition coefficient (Wildman–Crippen LogP) is 5.82. The number of nitrogens with zero attached hydrogens (tertiary/aromatic N) is 1. The molecule has 32 heavy (non-hydrogen) atoms. The van der Waals surface area contributed by atoms with Gasteiger partial charge in [0.1, 0.15) is 5.82 Å². The second-order valence-electron chi connectivity index (χ2n) is 7.61. The van der Waals surface area contributed by atoms with Crippen molar-refractivity contribution in [3.05, 3.63) is 98.4 Å². The molecule has 0 saturated carbocycles. The van der Waals surface area contributed by atoms with Crippen LogP contribution in [0.3, 0.4) is 0 Å². The number of hydrogen-bond acceptors (Lipinski definition) is 2. The quantitative estimate of drug-likeness (QED) is 0.363. The summed E-state index contributed by atoms with van der Waals surface area (Å²) in [6, 6.07) is 14.1. The van der Waals surface area contributed by atoms with E-state index in [1.54, 1.807) is 18.2 Å². The van der Waals surface area contributed by atoms with Crippen LogP contribution in [0.2, 0.25) is 5.02 Å². The van der Waals surface area contributed by atoms with Crippen LogP contribution in [0, 0.1) is 5.82 Å².